The molecule has 0 bridgehead atoms. The lowest BCUT2D eigenvalue weighted by Crippen LogP contribution is -2.19. The highest BCUT2D eigenvalue weighted by atomic mass is 35.5. The highest BCUT2D eigenvalue weighted by Gasteiger charge is 2.18. The average Bonchev–Trinajstić information content (AvgIpc) is 3.23. The molecule has 7 nitrogen and oxygen atoms in total. The van der Waals surface area contributed by atoms with Crippen molar-refractivity contribution in [1.82, 2.24) is 24.9 Å². The van der Waals surface area contributed by atoms with Crippen LogP contribution >= 0.6 is 22.9 Å². The lowest BCUT2D eigenvalue weighted by Gasteiger charge is -2.25. The first-order valence-corrected chi connectivity index (χ1v) is 12.6. The number of ether oxygens (including phenoxy) is 1. The van der Waals surface area contributed by atoms with Gasteiger partial charge in [-0.05, 0) is 62.3 Å². The standard InChI is InChI=1S/C25H25ClN6OS/c26-21-12-18(33-15-16-3-1-4-16)7-8-20(21)22-11-17(5-2-6-19-13-30-25(27)34-19)31-24(32-22)23-14-28-9-10-29-23/h7-14,16H,1-6,15H2,(H2,27,30). The summed E-state index contributed by atoms with van der Waals surface area (Å²) in [4.78, 5) is 23.4. The van der Waals surface area contributed by atoms with Gasteiger partial charge in [0.1, 0.15) is 11.4 Å². The zero-order chi connectivity index (χ0) is 23.3. The first-order valence-electron chi connectivity index (χ1n) is 11.4. The fourth-order valence-electron chi connectivity index (χ4n) is 3.84. The number of nitrogens with zero attached hydrogens (tertiary/aromatic N) is 5. The molecule has 0 amide bonds. The number of aryl methyl sites for hydroxylation is 2. The predicted molar refractivity (Wildman–Crippen MR) is 135 cm³/mol. The van der Waals surface area contributed by atoms with Gasteiger partial charge in [0.25, 0.3) is 0 Å². The maximum Gasteiger partial charge on any atom is 0.180 e. The Morgan fingerprint density at radius 3 is 2.65 bits per heavy atom. The molecule has 1 saturated carbocycles. The number of aromatic nitrogens is 5. The molecular weight excluding hydrogens is 468 g/mol. The van der Waals surface area contributed by atoms with Crippen molar-refractivity contribution in [2.24, 2.45) is 5.92 Å². The molecule has 174 valence electrons. The minimum Gasteiger partial charge on any atom is -0.493 e. The number of anilines is 1. The number of halogens is 1. The zero-order valence-corrected chi connectivity index (χ0v) is 20.2. The van der Waals surface area contributed by atoms with E-state index in [0.29, 0.717) is 27.6 Å². The van der Waals surface area contributed by atoms with Crippen LogP contribution in [0.4, 0.5) is 5.13 Å². The van der Waals surface area contributed by atoms with E-state index in [2.05, 4.69) is 15.0 Å². The zero-order valence-electron chi connectivity index (χ0n) is 18.7. The van der Waals surface area contributed by atoms with E-state index in [-0.39, 0.29) is 0 Å². The molecule has 1 aliphatic rings. The van der Waals surface area contributed by atoms with Gasteiger partial charge in [-0.1, -0.05) is 18.0 Å². The molecule has 4 aromatic rings. The summed E-state index contributed by atoms with van der Waals surface area (Å²) >= 11 is 8.20. The van der Waals surface area contributed by atoms with Crippen LogP contribution < -0.4 is 10.5 Å². The quantitative estimate of drug-likeness (QED) is 0.322. The second-order valence-corrected chi connectivity index (χ2v) is 9.98. The topological polar surface area (TPSA) is 99.7 Å². The van der Waals surface area contributed by atoms with Crippen molar-refractivity contribution in [3.8, 4) is 28.5 Å². The summed E-state index contributed by atoms with van der Waals surface area (Å²) in [6, 6.07) is 7.79. The fourth-order valence-corrected chi connectivity index (χ4v) is 4.83. The Morgan fingerprint density at radius 2 is 1.94 bits per heavy atom. The van der Waals surface area contributed by atoms with Gasteiger partial charge in [-0.3, -0.25) is 4.98 Å². The van der Waals surface area contributed by atoms with Crippen molar-refractivity contribution in [3.63, 3.8) is 0 Å². The summed E-state index contributed by atoms with van der Waals surface area (Å²) in [6.07, 6.45) is 13.2. The van der Waals surface area contributed by atoms with Crippen LogP contribution in [0.3, 0.4) is 0 Å². The van der Waals surface area contributed by atoms with Gasteiger partial charge in [-0.25, -0.2) is 19.9 Å². The molecule has 1 aliphatic carbocycles. The van der Waals surface area contributed by atoms with Gasteiger partial charge in [0.2, 0.25) is 0 Å². The molecule has 0 spiro atoms. The molecule has 0 aliphatic heterocycles. The molecule has 5 rings (SSSR count). The lowest BCUT2D eigenvalue weighted by molar-refractivity contribution is 0.180. The van der Waals surface area contributed by atoms with Gasteiger partial charge in [-0.15, -0.1) is 11.3 Å². The Hall–Kier alpha value is -3.10. The Kier molecular flexibility index (Phi) is 6.97. The van der Waals surface area contributed by atoms with Crippen LogP contribution in [0.25, 0.3) is 22.8 Å². The van der Waals surface area contributed by atoms with Crippen LogP contribution in [0.1, 0.15) is 36.3 Å². The number of nitrogens with two attached hydrogens (primary N) is 1. The van der Waals surface area contributed by atoms with Crippen LogP contribution in [0.15, 0.2) is 49.1 Å². The van der Waals surface area contributed by atoms with E-state index in [1.165, 1.54) is 35.5 Å². The van der Waals surface area contributed by atoms with Crippen LogP contribution in [-0.4, -0.2) is 31.5 Å². The Bertz CT molecular complexity index is 1260. The summed E-state index contributed by atoms with van der Waals surface area (Å²) in [5.41, 5.74) is 8.88. The van der Waals surface area contributed by atoms with Gasteiger partial charge >= 0.3 is 0 Å². The van der Waals surface area contributed by atoms with Gasteiger partial charge < -0.3 is 10.5 Å². The molecular formula is C25H25ClN6OS. The molecule has 1 aromatic carbocycles. The van der Waals surface area contributed by atoms with Gasteiger partial charge in [-0.2, -0.15) is 0 Å². The van der Waals surface area contributed by atoms with Crippen LogP contribution in [0.5, 0.6) is 5.75 Å². The summed E-state index contributed by atoms with van der Waals surface area (Å²) in [5.74, 6) is 1.98. The third kappa shape index (κ3) is 5.51. The highest BCUT2D eigenvalue weighted by Crippen LogP contribution is 2.33. The maximum absolute atomic E-state index is 6.68. The second kappa shape index (κ2) is 10.4. The lowest BCUT2D eigenvalue weighted by atomic mass is 9.86. The maximum atomic E-state index is 6.68. The predicted octanol–water partition coefficient (Wildman–Crippen LogP) is 5.65. The first kappa shape index (κ1) is 22.7. The van der Waals surface area contributed by atoms with E-state index in [0.717, 1.165) is 48.6 Å². The van der Waals surface area contributed by atoms with E-state index in [1.807, 2.05) is 30.5 Å². The first-order chi connectivity index (χ1) is 16.6. The van der Waals surface area contributed by atoms with Crippen LogP contribution in [0.2, 0.25) is 5.02 Å². The third-order valence-electron chi connectivity index (χ3n) is 5.93. The number of thiazole rings is 1. The van der Waals surface area contributed by atoms with E-state index >= 15 is 0 Å². The van der Waals surface area contributed by atoms with E-state index in [1.54, 1.807) is 18.6 Å². The number of nitrogen functional groups attached to an aromatic ring is 1. The molecule has 3 aromatic heterocycles. The third-order valence-corrected chi connectivity index (χ3v) is 7.12. The van der Waals surface area contributed by atoms with Gasteiger partial charge in [0, 0.05) is 34.7 Å². The van der Waals surface area contributed by atoms with Crippen LogP contribution in [0, 0.1) is 5.92 Å². The summed E-state index contributed by atoms with van der Waals surface area (Å²) in [7, 11) is 0. The normalized spacial score (nSPS) is 13.6. The summed E-state index contributed by atoms with van der Waals surface area (Å²) < 4.78 is 5.95. The van der Waals surface area contributed by atoms with E-state index in [9.17, 15) is 0 Å². The molecule has 9 heteroatoms. The number of hydrogen-bond donors (Lipinski definition) is 1. The Balaban J connectivity index is 1.39. The summed E-state index contributed by atoms with van der Waals surface area (Å²) in [5, 5.41) is 1.19. The Morgan fingerprint density at radius 1 is 1.03 bits per heavy atom. The molecule has 34 heavy (non-hydrogen) atoms. The highest BCUT2D eigenvalue weighted by molar-refractivity contribution is 7.15. The molecule has 3 heterocycles. The average molecular weight is 493 g/mol. The monoisotopic (exact) mass is 492 g/mol. The van der Waals surface area contributed by atoms with Crippen molar-refractivity contribution in [3.05, 3.63) is 64.6 Å². The van der Waals surface area contributed by atoms with Crippen molar-refractivity contribution < 1.29 is 4.74 Å². The fraction of sp³-hybridized carbons (Fsp3) is 0.320. The second-order valence-electron chi connectivity index (χ2n) is 8.43. The van der Waals surface area contributed by atoms with Gasteiger partial charge in [0.15, 0.2) is 11.0 Å². The van der Waals surface area contributed by atoms with Crippen molar-refractivity contribution in [1.29, 1.82) is 0 Å². The van der Waals surface area contributed by atoms with Crippen molar-refractivity contribution in [2.45, 2.75) is 38.5 Å². The van der Waals surface area contributed by atoms with Crippen molar-refractivity contribution >= 4 is 28.1 Å². The van der Waals surface area contributed by atoms with E-state index < -0.39 is 0 Å². The molecule has 0 radical (unpaired) electrons. The van der Waals surface area contributed by atoms with Crippen molar-refractivity contribution in [2.75, 3.05) is 12.3 Å². The molecule has 0 unspecified atom stereocenters. The van der Waals surface area contributed by atoms with Gasteiger partial charge in [0.05, 0.1) is 23.5 Å². The molecule has 1 fully saturated rings. The number of hydrogen-bond acceptors (Lipinski definition) is 8. The smallest absolute Gasteiger partial charge is 0.180 e. The molecule has 0 saturated heterocycles. The number of rotatable bonds is 9. The SMILES string of the molecule is Nc1ncc(CCCc2cc(-c3ccc(OCC4CCC4)cc3Cl)nc(-c3cnccn3)n2)s1. The summed E-state index contributed by atoms with van der Waals surface area (Å²) in [6.45, 7) is 0.746. The minimum atomic E-state index is 0.531. The number of benzene rings is 1. The Labute approximate surface area is 207 Å². The molecule has 2 N–H and O–H groups in total. The largest absolute Gasteiger partial charge is 0.493 e. The molecule has 0 atom stereocenters. The van der Waals surface area contributed by atoms with Crippen LogP contribution in [-0.2, 0) is 12.8 Å². The van der Waals surface area contributed by atoms with E-state index in [4.69, 9.17) is 32.0 Å². The minimum absolute atomic E-state index is 0.531.